The van der Waals surface area contributed by atoms with Crippen molar-refractivity contribution in [2.24, 2.45) is 0 Å². The summed E-state index contributed by atoms with van der Waals surface area (Å²) in [5.74, 6) is 0.515. The Bertz CT molecular complexity index is 1090. The van der Waals surface area contributed by atoms with Gasteiger partial charge in [-0.1, -0.05) is 42.5 Å². The lowest BCUT2D eigenvalue weighted by Gasteiger charge is -2.07. The smallest absolute Gasteiger partial charge is 0.261 e. The second-order valence-corrected chi connectivity index (χ2v) is 6.80. The Morgan fingerprint density at radius 3 is 2.75 bits per heavy atom. The van der Waals surface area contributed by atoms with Gasteiger partial charge >= 0.3 is 0 Å². The van der Waals surface area contributed by atoms with Gasteiger partial charge in [-0.25, -0.2) is 4.98 Å². The number of nitrogens with zero attached hydrogens (tertiary/aromatic N) is 2. The summed E-state index contributed by atoms with van der Waals surface area (Å²) < 4.78 is 5.67. The van der Waals surface area contributed by atoms with Crippen LogP contribution in [-0.4, -0.2) is 27.7 Å². The number of rotatable bonds is 6. The van der Waals surface area contributed by atoms with Gasteiger partial charge in [0.15, 0.2) is 5.13 Å². The molecule has 2 N–H and O–H groups in total. The number of aromatic nitrogens is 3. The first-order valence-corrected chi connectivity index (χ1v) is 9.72. The van der Waals surface area contributed by atoms with Crippen molar-refractivity contribution in [2.75, 3.05) is 11.9 Å². The van der Waals surface area contributed by atoms with E-state index < -0.39 is 0 Å². The molecule has 1 amide bonds. The van der Waals surface area contributed by atoms with E-state index in [9.17, 15) is 4.79 Å². The number of H-pyrrole nitrogens is 1. The molecule has 0 aliphatic rings. The van der Waals surface area contributed by atoms with E-state index in [1.165, 1.54) is 17.5 Å². The summed E-state index contributed by atoms with van der Waals surface area (Å²) in [6, 6.07) is 17.3. The number of carbonyl (C=O) groups is 1. The van der Waals surface area contributed by atoms with Gasteiger partial charge in [0.05, 0.1) is 29.8 Å². The van der Waals surface area contributed by atoms with Crippen molar-refractivity contribution < 1.29 is 9.53 Å². The molecule has 0 fully saturated rings. The van der Waals surface area contributed by atoms with E-state index in [1.807, 2.05) is 66.9 Å². The van der Waals surface area contributed by atoms with Crippen LogP contribution in [0.15, 0.2) is 66.2 Å². The zero-order valence-electron chi connectivity index (χ0n) is 15.2. The number of hydrogen-bond donors (Lipinski definition) is 2. The molecule has 0 bridgehead atoms. The van der Waals surface area contributed by atoms with Gasteiger partial charge in [0, 0.05) is 16.5 Å². The van der Waals surface area contributed by atoms with Crippen molar-refractivity contribution in [2.45, 2.75) is 6.92 Å². The summed E-state index contributed by atoms with van der Waals surface area (Å²) in [4.78, 5) is 17.3. The summed E-state index contributed by atoms with van der Waals surface area (Å²) in [5, 5.41) is 12.2. The average Bonchev–Trinajstić information content (AvgIpc) is 3.39. The molecule has 140 valence electrons. The Morgan fingerprint density at radius 1 is 1.14 bits per heavy atom. The maximum absolute atomic E-state index is 12.8. The van der Waals surface area contributed by atoms with Crippen molar-refractivity contribution in [3.63, 3.8) is 0 Å². The molecule has 0 spiro atoms. The normalized spacial score (nSPS) is 10.6. The number of hydrogen-bond acceptors (Lipinski definition) is 5. The molecule has 6 nitrogen and oxygen atoms in total. The highest BCUT2D eigenvalue weighted by atomic mass is 32.1. The molecule has 0 radical (unpaired) electrons. The third-order valence-electron chi connectivity index (χ3n) is 4.13. The first kappa shape index (κ1) is 17.9. The van der Waals surface area contributed by atoms with Crippen molar-refractivity contribution in [3.8, 4) is 28.3 Å². The zero-order chi connectivity index (χ0) is 19.3. The van der Waals surface area contributed by atoms with Gasteiger partial charge in [0.2, 0.25) is 0 Å². The van der Waals surface area contributed by atoms with Crippen LogP contribution in [0.3, 0.4) is 0 Å². The van der Waals surface area contributed by atoms with Crippen LogP contribution < -0.4 is 10.1 Å². The number of anilines is 1. The van der Waals surface area contributed by atoms with Crippen LogP contribution in [0.1, 0.15) is 17.3 Å². The van der Waals surface area contributed by atoms with Crippen molar-refractivity contribution in [3.05, 3.63) is 71.7 Å². The number of aromatic amines is 1. The lowest BCUT2D eigenvalue weighted by molar-refractivity contribution is 0.102. The summed E-state index contributed by atoms with van der Waals surface area (Å²) in [7, 11) is 0. The highest BCUT2D eigenvalue weighted by molar-refractivity contribution is 7.14. The lowest BCUT2D eigenvalue weighted by Crippen LogP contribution is -2.12. The minimum atomic E-state index is -0.258. The van der Waals surface area contributed by atoms with Crippen LogP contribution >= 0.6 is 11.3 Å². The molecule has 0 atom stereocenters. The monoisotopic (exact) mass is 390 g/mol. The van der Waals surface area contributed by atoms with E-state index in [1.54, 1.807) is 0 Å². The first-order chi connectivity index (χ1) is 13.8. The van der Waals surface area contributed by atoms with Crippen molar-refractivity contribution >= 4 is 22.4 Å². The molecule has 2 aromatic heterocycles. The molecule has 0 unspecified atom stereocenters. The van der Waals surface area contributed by atoms with Crippen LogP contribution in [0.4, 0.5) is 5.13 Å². The Balaban J connectivity index is 1.56. The Labute approximate surface area is 166 Å². The Kier molecular flexibility index (Phi) is 5.16. The minimum absolute atomic E-state index is 0.258. The van der Waals surface area contributed by atoms with E-state index in [0.29, 0.717) is 23.0 Å². The number of benzene rings is 2. The van der Waals surface area contributed by atoms with Crippen LogP contribution in [0, 0.1) is 0 Å². The molecule has 0 saturated carbocycles. The quantitative estimate of drug-likeness (QED) is 0.493. The molecule has 28 heavy (non-hydrogen) atoms. The lowest BCUT2D eigenvalue weighted by atomic mass is 10.1. The molecule has 0 aliphatic carbocycles. The summed E-state index contributed by atoms with van der Waals surface area (Å²) in [6.07, 6.45) is 1.52. The first-order valence-electron chi connectivity index (χ1n) is 8.84. The highest BCUT2D eigenvalue weighted by Crippen LogP contribution is 2.32. The van der Waals surface area contributed by atoms with Gasteiger partial charge in [-0.05, 0) is 19.1 Å². The largest absolute Gasteiger partial charge is 0.493 e. The van der Waals surface area contributed by atoms with Gasteiger partial charge in [-0.2, -0.15) is 5.10 Å². The third-order valence-corrected chi connectivity index (χ3v) is 4.89. The summed E-state index contributed by atoms with van der Waals surface area (Å²) >= 11 is 1.37. The zero-order valence-corrected chi connectivity index (χ0v) is 16.0. The Hall–Kier alpha value is -3.45. The van der Waals surface area contributed by atoms with Crippen LogP contribution in [-0.2, 0) is 0 Å². The summed E-state index contributed by atoms with van der Waals surface area (Å²) in [6.45, 7) is 2.52. The molecule has 7 heteroatoms. The number of para-hydroxylation sites is 1. The van der Waals surface area contributed by atoms with Gasteiger partial charge in [0.1, 0.15) is 5.75 Å². The number of ether oxygens (including phenoxy) is 1. The number of amides is 1. The molecule has 0 saturated heterocycles. The molecule has 2 heterocycles. The maximum Gasteiger partial charge on any atom is 0.261 e. The predicted octanol–water partition coefficient (Wildman–Crippen LogP) is 4.85. The molecular weight excluding hydrogens is 372 g/mol. The molecular formula is C21H18N4O2S. The van der Waals surface area contributed by atoms with Gasteiger partial charge in [-0.15, -0.1) is 11.3 Å². The van der Waals surface area contributed by atoms with E-state index in [0.717, 1.165) is 22.6 Å². The van der Waals surface area contributed by atoms with Crippen LogP contribution in [0.5, 0.6) is 5.75 Å². The van der Waals surface area contributed by atoms with Gasteiger partial charge in [0.25, 0.3) is 5.91 Å². The predicted molar refractivity (Wildman–Crippen MR) is 111 cm³/mol. The maximum atomic E-state index is 12.8. The molecule has 0 aliphatic heterocycles. The number of thiazole rings is 1. The molecule has 2 aromatic carbocycles. The van der Waals surface area contributed by atoms with E-state index in [4.69, 9.17) is 4.74 Å². The van der Waals surface area contributed by atoms with Crippen LogP contribution in [0.25, 0.3) is 22.5 Å². The van der Waals surface area contributed by atoms with Gasteiger partial charge in [-0.3, -0.25) is 15.2 Å². The Morgan fingerprint density at radius 2 is 1.93 bits per heavy atom. The van der Waals surface area contributed by atoms with Gasteiger partial charge < -0.3 is 4.74 Å². The van der Waals surface area contributed by atoms with E-state index in [-0.39, 0.29) is 5.91 Å². The van der Waals surface area contributed by atoms with Crippen molar-refractivity contribution in [1.82, 2.24) is 15.2 Å². The second-order valence-electron chi connectivity index (χ2n) is 5.95. The SMILES string of the molecule is CCOc1ccccc1-c1csc(NC(=O)c2cn[nH]c2-c2ccccc2)n1. The van der Waals surface area contributed by atoms with E-state index in [2.05, 4.69) is 20.5 Å². The fraction of sp³-hybridized carbons (Fsp3) is 0.0952. The summed E-state index contributed by atoms with van der Waals surface area (Å²) in [5.41, 5.74) is 3.71. The fourth-order valence-electron chi connectivity index (χ4n) is 2.86. The third kappa shape index (κ3) is 3.65. The van der Waals surface area contributed by atoms with Crippen LogP contribution in [0.2, 0.25) is 0 Å². The van der Waals surface area contributed by atoms with Crippen molar-refractivity contribution in [1.29, 1.82) is 0 Å². The standard InChI is InChI=1S/C21H18N4O2S/c1-2-27-18-11-7-6-10-15(18)17-13-28-21(23-17)24-20(26)16-12-22-25-19(16)14-8-4-3-5-9-14/h3-13H,2H2,1H3,(H,22,25)(H,23,24,26). The fourth-order valence-corrected chi connectivity index (χ4v) is 3.57. The molecule has 4 rings (SSSR count). The average molecular weight is 390 g/mol. The number of carbonyl (C=O) groups excluding carboxylic acids is 1. The van der Waals surface area contributed by atoms with E-state index >= 15 is 0 Å². The number of nitrogens with one attached hydrogen (secondary N) is 2. The second kappa shape index (κ2) is 8.06. The highest BCUT2D eigenvalue weighted by Gasteiger charge is 2.17. The topological polar surface area (TPSA) is 79.9 Å². The molecule has 4 aromatic rings. The minimum Gasteiger partial charge on any atom is -0.493 e.